The van der Waals surface area contributed by atoms with Gasteiger partial charge in [-0.3, -0.25) is 0 Å². The monoisotopic (exact) mass is 376 g/mol. The summed E-state index contributed by atoms with van der Waals surface area (Å²) in [4.78, 5) is 10.5. The van der Waals surface area contributed by atoms with Crippen LogP contribution in [0, 0.1) is 0 Å². The van der Waals surface area contributed by atoms with E-state index in [1.807, 2.05) is 0 Å². The highest BCUT2D eigenvalue weighted by Crippen LogP contribution is 2.38. The van der Waals surface area contributed by atoms with Crippen LogP contribution in [-0.4, -0.2) is 17.4 Å². The van der Waals surface area contributed by atoms with Gasteiger partial charge in [-0.05, 0) is 41.0 Å². The number of hydrogen-bond donors (Lipinski definition) is 1. The van der Waals surface area contributed by atoms with Crippen LogP contribution in [0.2, 0.25) is 0 Å². The van der Waals surface area contributed by atoms with E-state index >= 15 is 0 Å². The number of rotatable bonds is 4. The van der Waals surface area contributed by atoms with Crippen LogP contribution in [0.4, 0.5) is 26.3 Å². The van der Waals surface area contributed by atoms with Crippen LogP contribution in [0.15, 0.2) is 48.5 Å². The fourth-order valence-electron chi connectivity index (χ4n) is 2.16. The van der Waals surface area contributed by atoms with Crippen LogP contribution in [-0.2, 0) is 11.0 Å². The van der Waals surface area contributed by atoms with Crippen molar-refractivity contribution >= 4 is 12.0 Å². The summed E-state index contributed by atoms with van der Waals surface area (Å²) in [5.41, 5.74) is -1.26. The SMILES string of the molecule is O=C(O)/C=C/c1ccc(-c2ccc(OC(F)(F)F)cc2)c(C(F)(F)F)c1. The van der Waals surface area contributed by atoms with E-state index in [2.05, 4.69) is 4.74 Å². The molecular weight excluding hydrogens is 366 g/mol. The number of carboxylic acids is 1. The lowest BCUT2D eigenvalue weighted by Crippen LogP contribution is -2.17. The number of halogens is 6. The quantitative estimate of drug-likeness (QED) is 0.577. The average Bonchev–Trinajstić information content (AvgIpc) is 2.51. The molecule has 2 rings (SSSR count). The third kappa shape index (κ3) is 5.27. The molecular formula is C17H10F6O3. The zero-order valence-electron chi connectivity index (χ0n) is 12.7. The minimum absolute atomic E-state index is 0.0144. The molecule has 2 aromatic rings. The Balaban J connectivity index is 2.43. The molecule has 0 radical (unpaired) electrons. The van der Waals surface area contributed by atoms with E-state index in [1.165, 1.54) is 6.07 Å². The molecule has 0 aliphatic carbocycles. The van der Waals surface area contributed by atoms with Crippen molar-refractivity contribution in [1.82, 2.24) is 0 Å². The van der Waals surface area contributed by atoms with Gasteiger partial charge < -0.3 is 9.84 Å². The van der Waals surface area contributed by atoms with E-state index in [-0.39, 0.29) is 16.7 Å². The molecule has 138 valence electrons. The lowest BCUT2D eigenvalue weighted by atomic mass is 9.97. The highest BCUT2D eigenvalue weighted by Gasteiger charge is 2.34. The lowest BCUT2D eigenvalue weighted by molar-refractivity contribution is -0.274. The Kier molecular flexibility index (Phi) is 5.29. The van der Waals surface area contributed by atoms with Crippen LogP contribution in [0.3, 0.4) is 0 Å². The Labute approximate surface area is 143 Å². The number of carboxylic acid groups (broad SMARTS) is 1. The maximum atomic E-state index is 13.3. The van der Waals surface area contributed by atoms with E-state index < -0.39 is 29.8 Å². The van der Waals surface area contributed by atoms with Gasteiger partial charge in [-0.1, -0.05) is 24.3 Å². The van der Waals surface area contributed by atoms with E-state index in [1.54, 1.807) is 0 Å². The number of carbonyl (C=O) groups is 1. The second-order valence-corrected chi connectivity index (χ2v) is 5.05. The Morgan fingerprint density at radius 2 is 1.58 bits per heavy atom. The largest absolute Gasteiger partial charge is 0.573 e. The van der Waals surface area contributed by atoms with Crippen LogP contribution in [0.1, 0.15) is 11.1 Å². The molecule has 0 aromatic heterocycles. The number of hydrogen-bond acceptors (Lipinski definition) is 2. The molecule has 26 heavy (non-hydrogen) atoms. The number of ether oxygens (including phenoxy) is 1. The molecule has 2 aromatic carbocycles. The van der Waals surface area contributed by atoms with Crippen molar-refractivity contribution in [2.24, 2.45) is 0 Å². The topological polar surface area (TPSA) is 46.5 Å². The van der Waals surface area contributed by atoms with Gasteiger partial charge in [0.05, 0.1) is 5.56 Å². The summed E-state index contributed by atoms with van der Waals surface area (Å²) in [6.07, 6.45) is -7.96. The molecule has 0 bridgehead atoms. The molecule has 0 aliphatic rings. The van der Waals surface area contributed by atoms with Gasteiger partial charge in [0, 0.05) is 6.08 Å². The molecule has 3 nitrogen and oxygen atoms in total. The highest BCUT2D eigenvalue weighted by molar-refractivity contribution is 5.85. The van der Waals surface area contributed by atoms with Gasteiger partial charge in [0.25, 0.3) is 0 Å². The predicted molar refractivity (Wildman–Crippen MR) is 80.2 cm³/mol. The first-order valence-electron chi connectivity index (χ1n) is 6.94. The normalized spacial score (nSPS) is 12.4. The molecule has 0 fully saturated rings. The van der Waals surface area contributed by atoms with Gasteiger partial charge in [-0.25, -0.2) is 4.79 Å². The van der Waals surface area contributed by atoms with Gasteiger partial charge in [-0.2, -0.15) is 13.2 Å². The number of aliphatic carboxylic acids is 1. The highest BCUT2D eigenvalue weighted by atomic mass is 19.4. The van der Waals surface area contributed by atoms with E-state index in [9.17, 15) is 31.1 Å². The first-order chi connectivity index (χ1) is 12.0. The Morgan fingerprint density at radius 3 is 2.08 bits per heavy atom. The van der Waals surface area contributed by atoms with Crippen LogP contribution >= 0.6 is 0 Å². The third-order valence-electron chi connectivity index (χ3n) is 3.17. The van der Waals surface area contributed by atoms with Gasteiger partial charge in [-0.15, -0.1) is 13.2 Å². The fraction of sp³-hybridized carbons (Fsp3) is 0.118. The summed E-state index contributed by atoms with van der Waals surface area (Å²) in [6.45, 7) is 0. The fourth-order valence-corrected chi connectivity index (χ4v) is 2.16. The van der Waals surface area contributed by atoms with E-state index in [0.717, 1.165) is 42.5 Å². The zero-order valence-corrected chi connectivity index (χ0v) is 12.7. The molecule has 0 atom stereocenters. The average molecular weight is 376 g/mol. The molecule has 0 unspecified atom stereocenters. The molecule has 0 aliphatic heterocycles. The maximum absolute atomic E-state index is 13.3. The van der Waals surface area contributed by atoms with Gasteiger partial charge in [0.2, 0.25) is 0 Å². The second-order valence-electron chi connectivity index (χ2n) is 5.05. The summed E-state index contributed by atoms with van der Waals surface area (Å²) in [5, 5.41) is 8.54. The van der Waals surface area contributed by atoms with E-state index in [4.69, 9.17) is 5.11 Å². The minimum Gasteiger partial charge on any atom is -0.478 e. The molecule has 0 spiro atoms. The summed E-state index contributed by atoms with van der Waals surface area (Å²) < 4.78 is 80.0. The maximum Gasteiger partial charge on any atom is 0.573 e. The van der Waals surface area contributed by atoms with Crippen molar-refractivity contribution in [1.29, 1.82) is 0 Å². The predicted octanol–water partition coefficient (Wildman–Crippen LogP) is 5.37. The van der Waals surface area contributed by atoms with Crippen LogP contribution in [0.5, 0.6) is 5.75 Å². The first kappa shape index (κ1) is 19.4. The van der Waals surface area contributed by atoms with Crippen LogP contribution < -0.4 is 4.74 Å². The van der Waals surface area contributed by atoms with Crippen molar-refractivity contribution in [3.05, 3.63) is 59.7 Å². The van der Waals surface area contributed by atoms with E-state index in [0.29, 0.717) is 6.08 Å². The minimum atomic E-state index is -4.91. The van der Waals surface area contributed by atoms with Crippen LogP contribution in [0.25, 0.3) is 17.2 Å². The molecule has 1 N–H and O–H groups in total. The smallest absolute Gasteiger partial charge is 0.478 e. The molecule has 0 heterocycles. The molecule has 0 saturated carbocycles. The standard InChI is InChI=1S/C17H10F6O3/c18-16(19,20)14-9-10(2-8-15(24)25)1-7-13(14)11-3-5-12(6-4-11)26-17(21,22)23/h1-9H,(H,24,25)/b8-2+. The van der Waals surface area contributed by atoms with Crippen molar-refractivity contribution in [2.45, 2.75) is 12.5 Å². The van der Waals surface area contributed by atoms with Gasteiger partial charge in [0.15, 0.2) is 0 Å². The Hall–Kier alpha value is -2.97. The molecule has 0 amide bonds. The Morgan fingerprint density at radius 1 is 0.962 bits per heavy atom. The summed E-state index contributed by atoms with van der Waals surface area (Å²) in [6, 6.07) is 7.09. The first-order valence-corrected chi connectivity index (χ1v) is 6.94. The number of benzene rings is 2. The lowest BCUT2D eigenvalue weighted by Gasteiger charge is -2.15. The zero-order chi connectivity index (χ0) is 19.5. The van der Waals surface area contributed by atoms with Gasteiger partial charge >= 0.3 is 18.5 Å². The summed E-state index contributed by atoms with van der Waals surface area (Å²) in [5.74, 6) is -1.88. The summed E-state index contributed by atoms with van der Waals surface area (Å²) >= 11 is 0. The molecule has 9 heteroatoms. The second kappa shape index (κ2) is 7.11. The third-order valence-corrected chi connectivity index (χ3v) is 3.17. The van der Waals surface area contributed by atoms with Crippen molar-refractivity contribution in [3.63, 3.8) is 0 Å². The van der Waals surface area contributed by atoms with Crippen molar-refractivity contribution in [3.8, 4) is 16.9 Å². The van der Waals surface area contributed by atoms with Gasteiger partial charge in [0.1, 0.15) is 5.75 Å². The summed E-state index contributed by atoms with van der Waals surface area (Å²) in [7, 11) is 0. The van der Waals surface area contributed by atoms with Crippen molar-refractivity contribution < 1.29 is 41.0 Å². The Bertz CT molecular complexity index is 820. The number of alkyl halides is 6. The van der Waals surface area contributed by atoms with Crippen molar-refractivity contribution in [2.75, 3.05) is 0 Å². The molecule has 0 saturated heterocycles.